The number of nitrogens with one attached hydrogen (secondary N) is 1. The van der Waals surface area contributed by atoms with Crippen molar-refractivity contribution < 1.29 is 18.0 Å². The van der Waals surface area contributed by atoms with E-state index in [2.05, 4.69) is 22.4 Å². The molecular weight excluding hydrogens is 353 g/mol. The van der Waals surface area contributed by atoms with Gasteiger partial charge in [-0.2, -0.15) is 13.2 Å². The molecule has 0 aliphatic carbocycles. The summed E-state index contributed by atoms with van der Waals surface area (Å²) < 4.78 is 38.8. The van der Waals surface area contributed by atoms with Crippen molar-refractivity contribution in [3.05, 3.63) is 41.2 Å². The van der Waals surface area contributed by atoms with Crippen LogP contribution in [0.1, 0.15) is 36.8 Å². The maximum Gasteiger partial charge on any atom is 0.451 e. The van der Waals surface area contributed by atoms with E-state index >= 15 is 0 Å². The second-order valence-electron chi connectivity index (χ2n) is 5.54. The molecule has 0 saturated heterocycles. The van der Waals surface area contributed by atoms with Gasteiger partial charge in [0, 0.05) is 7.05 Å². The predicted octanol–water partition coefficient (Wildman–Crippen LogP) is 3.37. The topological polar surface area (TPSA) is 59.8 Å². The van der Waals surface area contributed by atoms with E-state index in [1.165, 1.54) is 12.6 Å². The molecule has 2 rings (SSSR count). The molecule has 1 N–H and O–H groups in total. The number of nitrogens with zero attached hydrogens (tertiary/aromatic N) is 3. The van der Waals surface area contributed by atoms with E-state index in [-0.39, 0.29) is 22.9 Å². The average molecular weight is 372 g/mol. The monoisotopic (exact) mass is 372 g/mol. The molecule has 0 unspecified atom stereocenters. The number of thioether (sulfide) groups is 1. The predicted molar refractivity (Wildman–Crippen MR) is 89.1 cm³/mol. The Morgan fingerprint density at radius 3 is 2.44 bits per heavy atom. The Morgan fingerprint density at radius 1 is 1.28 bits per heavy atom. The first-order chi connectivity index (χ1) is 11.7. The highest BCUT2D eigenvalue weighted by atomic mass is 32.2. The van der Waals surface area contributed by atoms with Gasteiger partial charge in [0.25, 0.3) is 0 Å². The summed E-state index contributed by atoms with van der Waals surface area (Å²) in [5.74, 6) is -1.41. The highest BCUT2D eigenvalue weighted by Gasteiger charge is 2.37. The molecule has 1 aromatic carbocycles. The minimum atomic E-state index is -4.57. The lowest BCUT2D eigenvalue weighted by Gasteiger charge is -2.14. The van der Waals surface area contributed by atoms with E-state index in [9.17, 15) is 18.0 Å². The average Bonchev–Trinajstić information content (AvgIpc) is 2.94. The number of aromatic nitrogens is 3. The Labute approximate surface area is 148 Å². The zero-order valence-electron chi connectivity index (χ0n) is 14.1. The van der Waals surface area contributed by atoms with Crippen LogP contribution >= 0.6 is 11.8 Å². The second kappa shape index (κ2) is 7.90. The van der Waals surface area contributed by atoms with Crippen molar-refractivity contribution in [3.8, 4) is 0 Å². The SMILES string of the molecule is CCc1ccc([C@@H](C)NC(=O)CSc2nnc(C(F)(F)F)n2C)cc1. The Morgan fingerprint density at radius 2 is 1.92 bits per heavy atom. The second-order valence-corrected chi connectivity index (χ2v) is 6.48. The van der Waals surface area contributed by atoms with E-state index in [1.54, 1.807) is 0 Å². The Kier molecular flexibility index (Phi) is 6.10. The number of alkyl halides is 3. The van der Waals surface area contributed by atoms with E-state index < -0.39 is 12.0 Å². The first-order valence-electron chi connectivity index (χ1n) is 7.70. The number of halogens is 3. The van der Waals surface area contributed by atoms with Crippen LogP contribution in [0.15, 0.2) is 29.4 Å². The molecule has 136 valence electrons. The molecule has 25 heavy (non-hydrogen) atoms. The van der Waals surface area contributed by atoms with Crippen LogP contribution in [0, 0.1) is 0 Å². The van der Waals surface area contributed by atoms with Crippen LogP contribution in [0.3, 0.4) is 0 Å². The molecule has 0 saturated carbocycles. The number of rotatable bonds is 6. The van der Waals surface area contributed by atoms with Crippen LogP contribution in [-0.4, -0.2) is 26.4 Å². The molecule has 1 atom stereocenters. The minimum Gasteiger partial charge on any atom is -0.349 e. The fraction of sp³-hybridized carbons (Fsp3) is 0.438. The highest BCUT2D eigenvalue weighted by molar-refractivity contribution is 7.99. The molecule has 1 aromatic heterocycles. The molecule has 1 amide bonds. The van der Waals surface area contributed by atoms with Gasteiger partial charge in [0.05, 0.1) is 11.8 Å². The van der Waals surface area contributed by atoms with Gasteiger partial charge in [-0.1, -0.05) is 43.0 Å². The van der Waals surface area contributed by atoms with Gasteiger partial charge in [0.15, 0.2) is 5.16 Å². The molecule has 0 bridgehead atoms. The van der Waals surface area contributed by atoms with Crippen LogP contribution in [0.2, 0.25) is 0 Å². The van der Waals surface area contributed by atoms with E-state index in [0.717, 1.165) is 28.3 Å². The van der Waals surface area contributed by atoms with Crippen LogP contribution in [0.5, 0.6) is 0 Å². The summed E-state index contributed by atoms with van der Waals surface area (Å²) in [6.07, 6.45) is -3.63. The largest absolute Gasteiger partial charge is 0.451 e. The molecule has 0 spiro atoms. The van der Waals surface area contributed by atoms with Gasteiger partial charge in [-0.05, 0) is 24.5 Å². The third kappa shape index (κ3) is 4.97. The smallest absolute Gasteiger partial charge is 0.349 e. The van der Waals surface area contributed by atoms with Gasteiger partial charge in [-0.25, -0.2) is 0 Å². The van der Waals surface area contributed by atoms with Crippen LogP contribution < -0.4 is 5.32 Å². The van der Waals surface area contributed by atoms with E-state index in [0.29, 0.717) is 0 Å². The summed E-state index contributed by atoms with van der Waals surface area (Å²) in [7, 11) is 1.22. The highest BCUT2D eigenvalue weighted by Crippen LogP contribution is 2.29. The van der Waals surface area contributed by atoms with E-state index in [1.807, 2.05) is 31.2 Å². The molecular formula is C16H19F3N4OS. The zero-order chi connectivity index (χ0) is 18.6. The van der Waals surface area contributed by atoms with Crippen molar-refractivity contribution in [1.29, 1.82) is 0 Å². The van der Waals surface area contributed by atoms with Crippen LogP contribution in [0.4, 0.5) is 13.2 Å². The first kappa shape index (κ1) is 19.3. The van der Waals surface area contributed by atoms with E-state index in [4.69, 9.17) is 0 Å². The number of amides is 1. The maximum atomic E-state index is 12.7. The first-order valence-corrected chi connectivity index (χ1v) is 8.68. The molecule has 0 aliphatic rings. The van der Waals surface area contributed by atoms with Gasteiger partial charge >= 0.3 is 6.18 Å². The quantitative estimate of drug-likeness (QED) is 0.790. The summed E-state index contributed by atoms with van der Waals surface area (Å²) in [5, 5.41) is 9.48. The lowest BCUT2D eigenvalue weighted by atomic mass is 10.1. The lowest BCUT2D eigenvalue weighted by Crippen LogP contribution is -2.28. The molecule has 5 nitrogen and oxygen atoms in total. The van der Waals surface area contributed by atoms with Gasteiger partial charge in [0.1, 0.15) is 0 Å². The summed E-state index contributed by atoms with van der Waals surface area (Å²) in [6.45, 7) is 3.92. The van der Waals surface area contributed by atoms with Gasteiger partial charge in [-0.15, -0.1) is 10.2 Å². The number of hydrogen-bond acceptors (Lipinski definition) is 4. The number of carbonyl (C=O) groups excluding carboxylic acids is 1. The Bertz CT molecular complexity index is 728. The van der Waals surface area contributed by atoms with Crippen LogP contribution in [0.25, 0.3) is 0 Å². The van der Waals surface area contributed by atoms with Gasteiger partial charge in [-0.3, -0.25) is 4.79 Å². The number of aryl methyl sites for hydroxylation is 1. The van der Waals surface area contributed by atoms with Crippen molar-refractivity contribution >= 4 is 17.7 Å². The maximum absolute atomic E-state index is 12.7. The van der Waals surface area contributed by atoms with Crippen molar-refractivity contribution in [2.45, 2.75) is 37.6 Å². The molecule has 1 heterocycles. The minimum absolute atomic E-state index is 0.0405. The van der Waals surface area contributed by atoms with Crippen molar-refractivity contribution in [1.82, 2.24) is 20.1 Å². The summed E-state index contributed by atoms with van der Waals surface area (Å²) in [5.41, 5.74) is 2.18. The van der Waals surface area contributed by atoms with Gasteiger partial charge < -0.3 is 9.88 Å². The third-order valence-corrected chi connectivity index (χ3v) is 4.71. The normalized spacial score (nSPS) is 12.9. The summed E-state index contributed by atoms with van der Waals surface area (Å²) >= 11 is 0.913. The van der Waals surface area contributed by atoms with Crippen molar-refractivity contribution in [2.24, 2.45) is 7.05 Å². The van der Waals surface area contributed by atoms with Gasteiger partial charge in [0.2, 0.25) is 11.7 Å². The molecule has 2 aromatic rings. The summed E-state index contributed by atoms with van der Waals surface area (Å²) in [6, 6.07) is 7.73. The summed E-state index contributed by atoms with van der Waals surface area (Å²) in [4.78, 5) is 12.0. The van der Waals surface area contributed by atoms with Crippen molar-refractivity contribution in [2.75, 3.05) is 5.75 Å². The standard InChI is InChI=1S/C16H19F3N4OS/c1-4-11-5-7-12(8-6-11)10(2)20-13(24)9-25-15-22-21-14(23(15)3)16(17,18)19/h5-8,10H,4,9H2,1-3H3,(H,20,24)/t10-/m1/s1. The Hall–Kier alpha value is -2.03. The van der Waals surface area contributed by atoms with Crippen LogP contribution in [-0.2, 0) is 24.4 Å². The number of carbonyl (C=O) groups is 1. The Balaban J connectivity index is 1.91. The fourth-order valence-corrected chi connectivity index (χ4v) is 2.95. The van der Waals surface area contributed by atoms with Crippen molar-refractivity contribution in [3.63, 3.8) is 0 Å². The fourth-order valence-electron chi connectivity index (χ4n) is 2.23. The zero-order valence-corrected chi connectivity index (χ0v) is 14.9. The molecule has 0 fully saturated rings. The lowest BCUT2D eigenvalue weighted by molar-refractivity contribution is -0.147. The molecule has 0 radical (unpaired) electrons. The third-order valence-electron chi connectivity index (χ3n) is 3.69. The molecule has 9 heteroatoms. The molecule has 0 aliphatic heterocycles. The number of hydrogen-bond donors (Lipinski definition) is 1. The number of benzene rings is 1.